The lowest BCUT2D eigenvalue weighted by Gasteiger charge is -2.21. The number of nitrogens with zero attached hydrogens (tertiary/aromatic N) is 2. The van der Waals surface area contributed by atoms with E-state index in [1.165, 1.54) is 0 Å². The van der Waals surface area contributed by atoms with Crippen LogP contribution < -0.4 is 5.32 Å². The van der Waals surface area contributed by atoms with Crippen molar-refractivity contribution in [3.8, 4) is 0 Å². The summed E-state index contributed by atoms with van der Waals surface area (Å²) in [7, 11) is 1.87. The van der Waals surface area contributed by atoms with Gasteiger partial charge in [-0.25, -0.2) is 4.79 Å². The highest BCUT2D eigenvalue weighted by Crippen LogP contribution is 2.21. The largest absolute Gasteiger partial charge is 0.480 e. The SMILES string of the molecule is Cc1nn(C)c(C)c1CCC(=O)NC(CCC(C)(C)C)C(=O)O. The van der Waals surface area contributed by atoms with Gasteiger partial charge in [0.25, 0.3) is 0 Å². The first kappa shape index (κ1) is 19.2. The van der Waals surface area contributed by atoms with Crippen molar-refractivity contribution < 1.29 is 14.7 Å². The molecule has 1 atom stereocenters. The van der Waals surface area contributed by atoms with E-state index >= 15 is 0 Å². The Morgan fingerprint density at radius 3 is 2.35 bits per heavy atom. The lowest BCUT2D eigenvalue weighted by molar-refractivity contribution is -0.142. The van der Waals surface area contributed by atoms with Gasteiger partial charge in [-0.2, -0.15) is 5.10 Å². The Balaban J connectivity index is 2.57. The summed E-state index contributed by atoms with van der Waals surface area (Å²) in [5, 5.41) is 16.2. The highest BCUT2D eigenvalue weighted by Gasteiger charge is 2.23. The number of carbonyl (C=O) groups excluding carboxylic acids is 1. The molecule has 0 fully saturated rings. The third-order valence-corrected chi connectivity index (χ3v) is 4.08. The third kappa shape index (κ3) is 6.04. The van der Waals surface area contributed by atoms with Crippen LogP contribution in [-0.2, 0) is 23.1 Å². The lowest BCUT2D eigenvalue weighted by Crippen LogP contribution is -2.41. The van der Waals surface area contributed by atoms with Gasteiger partial charge in [0, 0.05) is 19.2 Å². The van der Waals surface area contributed by atoms with Gasteiger partial charge in [-0.05, 0) is 44.1 Å². The molecule has 1 aromatic heterocycles. The normalized spacial score (nSPS) is 13.0. The summed E-state index contributed by atoms with van der Waals surface area (Å²) in [6.07, 6.45) is 2.02. The average molecular weight is 323 g/mol. The second-order valence-electron chi connectivity index (χ2n) is 7.33. The molecule has 0 saturated heterocycles. The van der Waals surface area contributed by atoms with Crippen LogP contribution >= 0.6 is 0 Å². The summed E-state index contributed by atoms with van der Waals surface area (Å²) >= 11 is 0. The second-order valence-corrected chi connectivity index (χ2v) is 7.33. The quantitative estimate of drug-likeness (QED) is 0.807. The van der Waals surface area contributed by atoms with Gasteiger partial charge in [0.2, 0.25) is 5.91 Å². The third-order valence-electron chi connectivity index (χ3n) is 4.08. The predicted octanol–water partition coefficient (Wildman–Crippen LogP) is 2.37. The van der Waals surface area contributed by atoms with Crippen LogP contribution in [0.2, 0.25) is 0 Å². The molecule has 6 heteroatoms. The van der Waals surface area contributed by atoms with E-state index in [9.17, 15) is 14.7 Å². The minimum absolute atomic E-state index is 0.0440. The lowest BCUT2D eigenvalue weighted by atomic mass is 9.88. The summed E-state index contributed by atoms with van der Waals surface area (Å²) in [5.41, 5.74) is 3.06. The molecule has 130 valence electrons. The van der Waals surface area contributed by atoms with Crippen LogP contribution in [0.5, 0.6) is 0 Å². The summed E-state index contributed by atoms with van der Waals surface area (Å²) < 4.78 is 1.80. The fourth-order valence-electron chi connectivity index (χ4n) is 2.52. The Bertz CT molecular complexity index is 570. The van der Waals surface area contributed by atoms with E-state index in [0.29, 0.717) is 12.8 Å². The molecule has 0 radical (unpaired) electrons. The molecule has 1 rings (SSSR count). The van der Waals surface area contributed by atoms with Gasteiger partial charge in [0.1, 0.15) is 6.04 Å². The fourth-order valence-corrected chi connectivity index (χ4v) is 2.52. The second kappa shape index (κ2) is 7.62. The van der Waals surface area contributed by atoms with Crippen LogP contribution in [0.15, 0.2) is 0 Å². The average Bonchev–Trinajstić information content (AvgIpc) is 2.64. The number of carbonyl (C=O) groups is 2. The van der Waals surface area contributed by atoms with Crippen LogP contribution in [0.4, 0.5) is 0 Å². The highest BCUT2D eigenvalue weighted by atomic mass is 16.4. The van der Waals surface area contributed by atoms with Gasteiger partial charge in [-0.1, -0.05) is 20.8 Å². The molecule has 0 aliphatic carbocycles. The van der Waals surface area contributed by atoms with Gasteiger partial charge in [0.05, 0.1) is 5.69 Å². The smallest absolute Gasteiger partial charge is 0.326 e. The topological polar surface area (TPSA) is 84.2 Å². The number of aliphatic carboxylic acids is 1. The molecule has 1 heterocycles. The fraction of sp³-hybridized carbons (Fsp3) is 0.706. The maximum absolute atomic E-state index is 12.1. The molecule has 0 bridgehead atoms. The van der Waals surface area contributed by atoms with E-state index in [0.717, 1.165) is 23.4 Å². The van der Waals surface area contributed by atoms with Crippen molar-refractivity contribution in [1.29, 1.82) is 0 Å². The molecule has 23 heavy (non-hydrogen) atoms. The van der Waals surface area contributed by atoms with Gasteiger partial charge >= 0.3 is 5.97 Å². The molecule has 0 aliphatic heterocycles. The zero-order chi connectivity index (χ0) is 17.8. The van der Waals surface area contributed by atoms with E-state index in [4.69, 9.17) is 0 Å². The number of nitrogens with one attached hydrogen (secondary N) is 1. The number of hydrogen-bond donors (Lipinski definition) is 2. The molecule has 0 aromatic carbocycles. The Morgan fingerprint density at radius 1 is 1.30 bits per heavy atom. The molecule has 1 amide bonds. The van der Waals surface area contributed by atoms with Gasteiger partial charge in [-0.15, -0.1) is 0 Å². The van der Waals surface area contributed by atoms with Crippen LogP contribution in [0.1, 0.15) is 57.0 Å². The number of hydrogen-bond acceptors (Lipinski definition) is 3. The van der Waals surface area contributed by atoms with E-state index < -0.39 is 12.0 Å². The molecule has 1 aromatic rings. The van der Waals surface area contributed by atoms with Crippen LogP contribution in [-0.4, -0.2) is 32.8 Å². The van der Waals surface area contributed by atoms with E-state index in [-0.39, 0.29) is 17.7 Å². The van der Waals surface area contributed by atoms with Crippen molar-refractivity contribution in [3.05, 3.63) is 17.0 Å². The maximum atomic E-state index is 12.1. The molecule has 0 aliphatic rings. The number of amides is 1. The monoisotopic (exact) mass is 323 g/mol. The minimum Gasteiger partial charge on any atom is -0.480 e. The van der Waals surface area contributed by atoms with Crippen LogP contribution in [0.25, 0.3) is 0 Å². The molecule has 2 N–H and O–H groups in total. The molecular weight excluding hydrogens is 294 g/mol. The minimum atomic E-state index is -0.976. The highest BCUT2D eigenvalue weighted by molar-refractivity contribution is 5.83. The van der Waals surface area contributed by atoms with Gasteiger partial charge < -0.3 is 10.4 Å². The summed E-state index contributed by atoms with van der Waals surface area (Å²) in [5.74, 6) is -1.20. The molecule has 6 nitrogen and oxygen atoms in total. The number of aromatic nitrogens is 2. The van der Waals surface area contributed by atoms with E-state index in [1.54, 1.807) is 4.68 Å². The van der Waals surface area contributed by atoms with Gasteiger partial charge in [0.15, 0.2) is 0 Å². The first-order valence-corrected chi connectivity index (χ1v) is 8.02. The molecular formula is C17H29N3O3. The van der Waals surface area contributed by atoms with Crippen LogP contribution in [0.3, 0.4) is 0 Å². The van der Waals surface area contributed by atoms with Gasteiger partial charge in [-0.3, -0.25) is 9.48 Å². The molecule has 0 saturated carbocycles. The summed E-state index contributed by atoms with van der Waals surface area (Å²) in [6.45, 7) is 10.1. The first-order chi connectivity index (χ1) is 10.5. The first-order valence-electron chi connectivity index (χ1n) is 8.02. The van der Waals surface area contributed by atoms with Crippen molar-refractivity contribution in [2.75, 3.05) is 0 Å². The number of aryl methyl sites for hydroxylation is 2. The zero-order valence-corrected chi connectivity index (χ0v) is 15.1. The standard InChI is InChI=1S/C17H29N3O3/c1-11-13(12(2)20(6)19-11)7-8-15(21)18-14(16(22)23)9-10-17(3,4)5/h14H,7-10H2,1-6H3,(H,18,21)(H,22,23). The Morgan fingerprint density at radius 2 is 1.91 bits per heavy atom. The summed E-state index contributed by atoms with van der Waals surface area (Å²) in [4.78, 5) is 23.4. The predicted molar refractivity (Wildman–Crippen MR) is 89.3 cm³/mol. The van der Waals surface area contributed by atoms with Crippen molar-refractivity contribution in [3.63, 3.8) is 0 Å². The summed E-state index contributed by atoms with van der Waals surface area (Å²) in [6, 6.07) is -0.821. The molecule has 0 spiro atoms. The Kier molecular flexibility index (Phi) is 6.36. The number of carboxylic acids is 1. The van der Waals surface area contributed by atoms with Crippen LogP contribution in [0, 0.1) is 19.3 Å². The Hall–Kier alpha value is -1.85. The zero-order valence-electron chi connectivity index (χ0n) is 15.1. The van der Waals surface area contributed by atoms with Crippen molar-refractivity contribution in [1.82, 2.24) is 15.1 Å². The van der Waals surface area contributed by atoms with E-state index in [1.807, 2.05) is 20.9 Å². The van der Waals surface area contributed by atoms with Crippen molar-refractivity contribution in [2.45, 2.75) is 66.3 Å². The van der Waals surface area contributed by atoms with Crippen molar-refractivity contribution >= 4 is 11.9 Å². The number of carboxylic acid groups (broad SMARTS) is 1. The van der Waals surface area contributed by atoms with Crippen molar-refractivity contribution in [2.24, 2.45) is 12.5 Å². The van der Waals surface area contributed by atoms with E-state index in [2.05, 4.69) is 31.2 Å². The Labute approximate surface area is 138 Å². The maximum Gasteiger partial charge on any atom is 0.326 e. The molecule has 1 unspecified atom stereocenters. The number of rotatable bonds is 7.